The lowest BCUT2D eigenvalue weighted by molar-refractivity contribution is -0.129. The minimum atomic E-state index is -0.772. The summed E-state index contributed by atoms with van der Waals surface area (Å²) in [5.74, 6) is 5.30. The number of amides is 2. The minimum absolute atomic E-state index is 0.140. The van der Waals surface area contributed by atoms with Crippen molar-refractivity contribution < 1.29 is 23.8 Å². The van der Waals surface area contributed by atoms with E-state index in [9.17, 15) is 19.5 Å². The first kappa shape index (κ1) is 32.2. The molecule has 0 aliphatic carbocycles. The topological polar surface area (TPSA) is 118 Å². The van der Waals surface area contributed by atoms with Crippen LogP contribution in [0.5, 0.6) is 5.75 Å². The highest BCUT2D eigenvalue weighted by molar-refractivity contribution is 5.93. The molecule has 206 valence electrons. The van der Waals surface area contributed by atoms with E-state index < -0.39 is 29.1 Å². The van der Waals surface area contributed by atoms with Crippen molar-refractivity contribution in [1.82, 2.24) is 10.6 Å². The summed E-state index contributed by atoms with van der Waals surface area (Å²) in [7, 11) is 1.41. The predicted molar refractivity (Wildman–Crippen MR) is 149 cm³/mol. The van der Waals surface area contributed by atoms with Gasteiger partial charge in [-0.15, -0.1) is 11.8 Å². The van der Waals surface area contributed by atoms with Gasteiger partial charge < -0.3 is 24.9 Å². The molecule has 38 heavy (non-hydrogen) atoms. The fraction of sp³-hybridized carbons (Fsp3) is 0.433. The van der Waals surface area contributed by atoms with Crippen molar-refractivity contribution in [3.8, 4) is 17.6 Å². The van der Waals surface area contributed by atoms with E-state index in [0.29, 0.717) is 18.6 Å². The second-order valence-electron chi connectivity index (χ2n) is 9.85. The molecule has 0 radical (unpaired) electrons. The smallest absolute Gasteiger partial charge is 0.378 e. The maximum absolute atomic E-state index is 12.7. The first-order valence-corrected chi connectivity index (χ1v) is 12.4. The van der Waals surface area contributed by atoms with Crippen LogP contribution in [0.4, 0.5) is 0 Å². The molecule has 3 atom stereocenters. The lowest BCUT2D eigenvalue weighted by Gasteiger charge is -2.29. The summed E-state index contributed by atoms with van der Waals surface area (Å²) in [6.45, 7) is 11.1. The number of hydrogen-bond acceptors (Lipinski definition) is 6. The molecule has 8 nitrogen and oxygen atoms in total. The van der Waals surface area contributed by atoms with Gasteiger partial charge in [0.15, 0.2) is 0 Å². The molecular weight excluding hydrogens is 484 g/mol. The van der Waals surface area contributed by atoms with Crippen molar-refractivity contribution in [2.75, 3.05) is 7.11 Å². The number of allylic oxidation sites excluding steroid dienone is 5. The first-order valence-electron chi connectivity index (χ1n) is 12.4. The van der Waals surface area contributed by atoms with Crippen LogP contribution in [0.1, 0.15) is 66.1 Å². The molecular formula is C30H40N2O6. The van der Waals surface area contributed by atoms with E-state index in [-0.39, 0.29) is 17.6 Å². The number of carbonyl (C=O) groups excluding carboxylic acids is 2. The number of methoxy groups -OCH3 is 1. The van der Waals surface area contributed by atoms with E-state index in [1.165, 1.54) is 19.4 Å². The van der Waals surface area contributed by atoms with Crippen LogP contribution < -0.4 is 21.0 Å². The normalized spacial score (nSPS) is 14.7. The Labute approximate surface area is 225 Å². The summed E-state index contributed by atoms with van der Waals surface area (Å²) >= 11 is 0. The standard InChI is InChI=1S/C30H40N2O6/c1-8-9-14-23(33)15-12-19-31-28(35)27(30(4,5)6)32-26(34)16-11-10-13-21(2)20-22(3)24-17-18-25(37-7)29(36)38-24/h10-13,16-20,22-23,27,33H,14-15H2,1-7H3,(H,31,35)(H,32,34)/b13-10-,16-11-,19-12-,21-20+/t22-,23-,27+/m0/s1. The van der Waals surface area contributed by atoms with Crippen LogP contribution in [0.2, 0.25) is 0 Å². The fourth-order valence-electron chi connectivity index (χ4n) is 3.31. The van der Waals surface area contributed by atoms with Crippen LogP contribution >= 0.6 is 0 Å². The SMILES string of the molecule is CC#CC[C@H](O)C/C=C\NC(=O)[C@@H](NC(=O)\C=C/C=C\C(C)=C\[C@H](C)c1ccc(OC)c(=O)o1)C(C)(C)C. The van der Waals surface area contributed by atoms with E-state index >= 15 is 0 Å². The fourth-order valence-corrected chi connectivity index (χ4v) is 3.31. The lowest BCUT2D eigenvalue weighted by Crippen LogP contribution is -2.52. The van der Waals surface area contributed by atoms with Crippen LogP contribution in [0, 0.1) is 17.3 Å². The van der Waals surface area contributed by atoms with Crippen molar-refractivity contribution >= 4 is 11.8 Å². The molecule has 1 aromatic heterocycles. The molecule has 1 heterocycles. The van der Waals surface area contributed by atoms with Crippen LogP contribution in [-0.4, -0.2) is 36.2 Å². The lowest BCUT2D eigenvalue weighted by atomic mass is 9.86. The van der Waals surface area contributed by atoms with Gasteiger partial charge in [-0.1, -0.05) is 63.6 Å². The van der Waals surface area contributed by atoms with Crippen molar-refractivity contribution in [3.05, 3.63) is 76.5 Å². The van der Waals surface area contributed by atoms with Gasteiger partial charge in [0.2, 0.25) is 17.6 Å². The third-order valence-corrected chi connectivity index (χ3v) is 5.39. The monoisotopic (exact) mass is 524 g/mol. The number of nitrogens with one attached hydrogen (secondary N) is 2. The zero-order valence-corrected chi connectivity index (χ0v) is 23.3. The first-order chi connectivity index (χ1) is 17.9. The third-order valence-electron chi connectivity index (χ3n) is 5.39. The number of rotatable bonds is 12. The van der Waals surface area contributed by atoms with Gasteiger partial charge in [0.05, 0.1) is 13.2 Å². The highest BCUT2D eigenvalue weighted by atomic mass is 16.5. The molecule has 3 N–H and O–H groups in total. The number of aliphatic hydroxyl groups is 1. The molecule has 1 aromatic rings. The number of ether oxygens (including phenoxy) is 1. The highest BCUT2D eigenvalue weighted by Gasteiger charge is 2.31. The molecule has 0 spiro atoms. The summed E-state index contributed by atoms with van der Waals surface area (Å²) in [5.41, 5.74) is -0.145. The van der Waals surface area contributed by atoms with Gasteiger partial charge in [0.25, 0.3) is 0 Å². The van der Waals surface area contributed by atoms with Crippen LogP contribution in [0.25, 0.3) is 0 Å². The molecule has 0 aliphatic rings. The molecule has 0 unspecified atom stereocenters. The number of carbonyl (C=O) groups is 2. The molecule has 0 saturated carbocycles. The van der Waals surface area contributed by atoms with Crippen molar-refractivity contribution in [2.45, 2.75) is 72.4 Å². The molecule has 2 amide bonds. The second-order valence-corrected chi connectivity index (χ2v) is 9.85. The Kier molecular flexibility index (Phi) is 13.6. The summed E-state index contributed by atoms with van der Waals surface area (Å²) in [6, 6.07) is 2.51. The van der Waals surface area contributed by atoms with E-state index in [1.807, 2.05) is 46.8 Å². The highest BCUT2D eigenvalue weighted by Crippen LogP contribution is 2.20. The van der Waals surface area contributed by atoms with E-state index in [1.54, 1.807) is 37.3 Å². The Morgan fingerprint density at radius 1 is 1.21 bits per heavy atom. The van der Waals surface area contributed by atoms with Crippen molar-refractivity contribution in [3.63, 3.8) is 0 Å². The van der Waals surface area contributed by atoms with Gasteiger partial charge in [-0.05, 0) is 44.0 Å². The second kappa shape index (κ2) is 16.1. The van der Waals surface area contributed by atoms with Crippen LogP contribution in [-0.2, 0) is 9.59 Å². The van der Waals surface area contributed by atoms with Crippen molar-refractivity contribution in [2.24, 2.45) is 5.41 Å². The van der Waals surface area contributed by atoms with Gasteiger partial charge in [0, 0.05) is 18.4 Å². The average molecular weight is 525 g/mol. The Morgan fingerprint density at radius 2 is 1.89 bits per heavy atom. The molecule has 8 heteroatoms. The summed E-state index contributed by atoms with van der Waals surface area (Å²) in [5, 5.41) is 15.2. The molecule has 0 aromatic carbocycles. The molecule has 0 saturated heterocycles. The predicted octanol–water partition coefficient (Wildman–Crippen LogP) is 4.14. The summed E-state index contributed by atoms with van der Waals surface area (Å²) in [6.07, 6.45) is 11.7. The quantitative estimate of drug-likeness (QED) is 0.215. The van der Waals surface area contributed by atoms with Crippen molar-refractivity contribution in [1.29, 1.82) is 0 Å². The van der Waals surface area contributed by atoms with E-state index in [4.69, 9.17) is 9.15 Å². The molecule has 0 bridgehead atoms. The molecule has 1 rings (SSSR count). The maximum Gasteiger partial charge on any atom is 0.378 e. The maximum atomic E-state index is 12.7. The van der Waals surface area contributed by atoms with Gasteiger partial charge in [-0.2, -0.15) is 0 Å². The van der Waals surface area contributed by atoms with Crippen LogP contribution in [0.3, 0.4) is 0 Å². The van der Waals surface area contributed by atoms with Gasteiger partial charge in [-0.3, -0.25) is 9.59 Å². The Morgan fingerprint density at radius 3 is 2.50 bits per heavy atom. The minimum Gasteiger partial charge on any atom is -0.490 e. The summed E-state index contributed by atoms with van der Waals surface area (Å²) < 4.78 is 10.2. The average Bonchev–Trinajstić information content (AvgIpc) is 2.85. The van der Waals surface area contributed by atoms with Gasteiger partial charge in [-0.25, -0.2) is 4.79 Å². The third kappa shape index (κ3) is 11.9. The molecule has 0 aliphatic heterocycles. The van der Waals surface area contributed by atoms with Crippen LogP contribution in [0.15, 0.2) is 69.6 Å². The van der Waals surface area contributed by atoms with Gasteiger partial charge in [0.1, 0.15) is 11.8 Å². The largest absolute Gasteiger partial charge is 0.490 e. The Hall–Kier alpha value is -3.83. The summed E-state index contributed by atoms with van der Waals surface area (Å²) in [4.78, 5) is 37.0. The van der Waals surface area contributed by atoms with E-state index in [2.05, 4.69) is 22.5 Å². The number of aliphatic hydroxyl groups excluding tert-OH is 1. The van der Waals surface area contributed by atoms with E-state index in [0.717, 1.165) is 5.57 Å². The Bertz CT molecular complexity index is 1170. The Balaban J connectivity index is 2.71. The zero-order valence-electron chi connectivity index (χ0n) is 23.3. The van der Waals surface area contributed by atoms with Gasteiger partial charge >= 0.3 is 5.63 Å². The zero-order chi connectivity index (χ0) is 28.7. The number of hydrogen-bond donors (Lipinski definition) is 3. The molecule has 0 fully saturated rings.